The number of amides is 2. The monoisotopic (exact) mass is 371 g/mol. The maximum atomic E-state index is 13.9. The first-order valence-corrected chi connectivity index (χ1v) is 8.21. The number of urea groups is 1. The normalized spacial score (nSPS) is 10.5. The van der Waals surface area contributed by atoms with Crippen molar-refractivity contribution in [1.29, 1.82) is 0 Å². The summed E-state index contributed by atoms with van der Waals surface area (Å²) in [6, 6.07) is 3.95. The van der Waals surface area contributed by atoms with Crippen LogP contribution in [0.25, 0.3) is 0 Å². The van der Waals surface area contributed by atoms with E-state index in [9.17, 15) is 14.0 Å². The average molecular weight is 372 g/mol. The summed E-state index contributed by atoms with van der Waals surface area (Å²) in [6.45, 7) is 1.79. The Morgan fingerprint density at radius 3 is 2.83 bits per heavy atom. The van der Waals surface area contributed by atoms with E-state index in [1.165, 1.54) is 17.4 Å². The van der Waals surface area contributed by atoms with E-state index in [4.69, 9.17) is 16.7 Å². The molecule has 0 saturated carbocycles. The number of hydrogen-bond acceptors (Lipinski definition) is 4. The first kappa shape index (κ1) is 18.2. The molecule has 0 aliphatic heterocycles. The lowest BCUT2D eigenvalue weighted by atomic mass is 10.1. The lowest BCUT2D eigenvalue weighted by molar-refractivity contribution is -0.136. The lowest BCUT2D eigenvalue weighted by Crippen LogP contribution is -2.30. The second kappa shape index (κ2) is 8.07. The molecule has 0 saturated heterocycles. The van der Waals surface area contributed by atoms with Gasteiger partial charge in [0.2, 0.25) is 0 Å². The molecule has 0 spiro atoms. The van der Waals surface area contributed by atoms with Gasteiger partial charge in [-0.2, -0.15) is 0 Å². The number of carbonyl (C=O) groups is 2. The van der Waals surface area contributed by atoms with Crippen molar-refractivity contribution < 1.29 is 19.1 Å². The Hall–Kier alpha value is -2.19. The third-order valence-corrected chi connectivity index (χ3v) is 4.41. The summed E-state index contributed by atoms with van der Waals surface area (Å²) >= 11 is 6.97. The summed E-state index contributed by atoms with van der Waals surface area (Å²) in [5.41, 5.74) is 1.18. The Kier molecular flexibility index (Phi) is 6.10. The highest BCUT2D eigenvalue weighted by atomic mass is 35.5. The molecule has 1 heterocycles. The predicted octanol–water partition coefficient (Wildman–Crippen LogP) is 3.43. The van der Waals surface area contributed by atoms with Crippen LogP contribution in [0.2, 0.25) is 5.02 Å². The van der Waals surface area contributed by atoms with Gasteiger partial charge >= 0.3 is 12.0 Å². The van der Waals surface area contributed by atoms with Gasteiger partial charge < -0.3 is 10.4 Å². The van der Waals surface area contributed by atoms with E-state index < -0.39 is 17.8 Å². The van der Waals surface area contributed by atoms with Gasteiger partial charge in [-0.05, 0) is 24.6 Å². The molecular weight excluding hydrogens is 357 g/mol. The van der Waals surface area contributed by atoms with Gasteiger partial charge in [0.1, 0.15) is 5.82 Å². The molecule has 0 aliphatic carbocycles. The van der Waals surface area contributed by atoms with Gasteiger partial charge in [-0.3, -0.25) is 10.1 Å². The number of aliphatic carboxylic acids is 1. The molecule has 2 aromatic rings. The minimum Gasteiger partial charge on any atom is -0.481 e. The zero-order valence-electron chi connectivity index (χ0n) is 12.7. The van der Waals surface area contributed by atoms with E-state index in [-0.39, 0.29) is 13.0 Å². The standard InChI is InChI=1S/C15H15ClFN3O3S/c1-8-12(6-9-2-3-10(16)7-11(9)17)24-15(19-8)20-14(23)18-5-4-13(21)22/h2-3,7H,4-6H2,1H3,(H,21,22)(H2,18,19,20,23). The van der Waals surface area contributed by atoms with Gasteiger partial charge in [-0.15, -0.1) is 11.3 Å². The molecule has 0 fully saturated rings. The lowest BCUT2D eigenvalue weighted by Gasteiger charge is -2.03. The van der Waals surface area contributed by atoms with Crippen LogP contribution < -0.4 is 10.6 Å². The second-order valence-electron chi connectivity index (χ2n) is 4.96. The fourth-order valence-electron chi connectivity index (χ4n) is 1.91. The maximum Gasteiger partial charge on any atom is 0.321 e. The van der Waals surface area contributed by atoms with Crippen LogP contribution in [0, 0.1) is 12.7 Å². The second-order valence-corrected chi connectivity index (χ2v) is 6.48. The first-order valence-electron chi connectivity index (χ1n) is 7.02. The van der Waals surface area contributed by atoms with Gasteiger partial charge in [0.15, 0.2) is 5.13 Å². The Morgan fingerprint density at radius 1 is 1.42 bits per heavy atom. The van der Waals surface area contributed by atoms with Crippen LogP contribution >= 0.6 is 22.9 Å². The SMILES string of the molecule is Cc1nc(NC(=O)NCCC(=O)O)sc1Cc1ccc(Cl)cc1F. The van der Waals surface area contributed by atoms with Gasteiger partial charge in [-0.1, -0.05) is 17.7 Å². The largest absolute Gasteiger partial charge is 0.481 e. The van der Waals surface area contributed by atoms with Crippen LogP contribution in [-0.4, -0.2) is 28.6 Å². The molecule has 3 N–H and O–H groups in total. The summed E-state index contributed by atoms with van der Waals surface area (Å²) < 4.78 is 13.9. The third-order valence-electron chi connectivity index (χ3n) is 3.10. The number of aromatic nitrogens is 1. The van der Waals surface area contributed by atoms with Crippen LogP contribution in [0.1, 0.15) is 22.6 Å². The molecule has 1 aromatic heterocycles. The van der Waals surface area contributed by atoms with Crippen molar-refractivity contribution in [3.63, 3.8) is 0 Å². The Balaban J connectivity index is 1.99. The molecule has 0 radical (unpaired) electrons. The molecule has 0 aliphatic rings. The molecule has 9 heteroatoms. The number of nitrogens with one attached hydrogen (secondary N) is 2. The number of aryl methyl sites for hydroxylation is 1. The van der Waals surface area contributed by atoms with Crippen molar-refractivity contribution in [2.24, 2.45) is 0 Å². The van der Waals surface area contributed by atoms with Crippen LogP contribution in [0.15, 0.2) is 18.2 Å². The fraction of sp³-hybridized carbons (Fsp3) is 0.267. The van der Waals surface area contributed by atoms with Crippen molar-refractivity contribution >= 4 is 40.1 Å². The average Bonchev–Trinajstić information content (AvgIpc) is 2.81. The minimum atomic E-state index is -0.993. The Morgan fingerprint density at radius 2 is 2.17 bits per heavy atom. The molecule has 0 atom stereocenters. The van der Waals surface area contributed by atoms with Crippen molar-refractivity contribution in [3.8, 4) is 0 Å². The summed E-state index contributed by atoms with van der Waals surface area (Å²) in [5.74, 6) is -1.39. The minimum absolute atomic E-state index is 0.0222. The number of benzene rings is 1. The summed E-state index contributed by atoms with van der Waals surface area (Å²) in [4.78, 5) is 27.1. The van der Waals surface area contributed by atoms with Crippen LogP contribution in [0.5, 0.6) is 0 Å². The molecule has 24 heavy (non-hydrogen) atoms. The number of hydrogen-bond donors (Lipinski definition) is 3. The van der Waals surface area contributed by atoms with E-state index >= 15 is 0 Å². The Bertz CT molecular complexity index is 766. The number of rotatable bonds is 6. The van der Waals surface area contributed by atoms with E-state index in [1.54, 1.807) is 19.1 Å². The first-order chi connectivity index (χ1) is 11.3. The number of anilines is 1. The van der Waals surface area contributed by atoms with E-state index in [0.29, 0.717) is 27.8 Å². The highest BCUT2D eigenvalue weighted by Gasteiger charge is 2.13. The zero-order valence-corrected chi connectivity index (χ0v) is 14.3. The summed E-state index contributed by atoms with van der Waals surface area (Å²) in [5, 5.41) is 14.2. The quantitative estimate of drug-likeness (QED) is 0.725. The van der Waals surface area contributed by atoms with Crippen molar-refractivity contribution in [3.05, 3.63) is 45.2 Å². The molecule has 0 unspecified atom stereocenters. The summed E-state index contributed by atoms with van der Waals surface area (Å²) in [6.07, 6.45) is 0.181. The number of halogens is 2. The van der Waals surface area contributed by atoms with Gasteiger partial charge in [0.05, 0.1) is 12.1 Å². The number of nitrogens with zero attached hydrogens (tertiary/aromatic N) is 1. The van der Waals surface area contributed by atoms with Crippen LogP contribution in [-0.2, 0) is 11.2 Å². The van der Waals surface area contributed by atoms with Crippen molar-refractivity contribution in [1.82, 2.24) is 10.3 Å². The molecular formula is C15H15ClFN3O3S. The van der Waals surface area contributed by atoms with Crippen LogP contribution in [0.3, 0.4) is 0 Å². The topological polar surface area (TPSA) is 91.3 Å². The van der Waals surface area contributed by atoms with E-state index in [2.05, 4.69) is 15.6 Å². The summed E-state index contributed by atoms with van der Waals surface area (Å²) in [7, 11) is 0. The number of carboxylic acid groups (broad SMARTS) is 1. The predicted molar refractivity (Wildman–Crippen MR) is 90.3 cm³/mol. The molecule has 2 amide bonds. The number of thiazole rings is 1. The zero-order chi connectivity index (χ0) is 17.7. The smallest absolute Gasteiger partial charge is 0.321 e. The van der Waals surface area contributed by atoms with Gasteiger partial charge in [0, 0.05) is 22.9 Å². The molecule has 128 valence electrons. The molecule has 1 aromatic carbocycles. The number of carbonyl (C=O) groups excluding carboxylic acids is 1. The van der Waals surface area contributed by atoms with Crippen molar-refractivity contribution in [2.75, 3.05) is 11.9 Å². The molecule has 0 bridgehead atoms. The molecule has 2 rings (SSSR count). The van der Waals surface area contributed by atoms with E-state index in [1.807, 2.05) is 0 Å². The highest BCUT2D eigenvalue weighted by Crippen LogP contribution is 2.26. The molecule has 6 nitrogen and oxygen atoms in total. The van der Waals surface area contributed by atoms with Crippen LogP contribution in [0.4, 0.5) is 14.3 Å². The van der Waals surface area contributed by atoms with Gasteiger partial charge in [0.25, 0.3) is 0 Å². The van der Waals surface area contributed by atoms with E-state index in [0.717, 1.165) is 4.88 Å². The fourth-order valence-corrected chi connectivity index (χ4v) is 3.05. The van der Waals surface area contributed by atoms with Gasteiger partial charge in [-0.25, -0.2) is 14.2 Å². The van der Waals surface area contributed by atoms with Crippen molar-refractivity contribution in [2.45, 2.75) is 19.8 Å². The number of carboxylic acids is 1. The highest BCUT2D eigenvalue weighted by molar-refractivity contribution is 7.15. The Labute approximate surface area is 146 Å². The maximum absolute atomic E-state index is 13.9. The third kappa shape index (κ3) is 5.17.